The molecule has 0 spiro atoms. The van der Waals surface area contributed by atoms with Crippen molar-refractivity contribution in [2.45, 2.75) is 44.6 Å². The van der Waals surface area contributed by atoms with Crippen LogP contribution in [0.15, 0.2) is 18.3 Å². The van der Waals surface area contributed by atoms with E-state index in [-0.39, 0.29) is 23.8 Å². The summed E-state index contributed by atoms with van der Waals surface area (Å²) >= 11 is 0. The minimum absolute atomic E-state index is 0.00167. The summed E-state index contributed by atoms with van der Waals surface area (Å²) in [5.41, 5.74) is 1.77. The Morgan fingerprint density at radius 2 is 2.28 bits per heavy atom. The summed E-state index contributed by atoms with van der Waals surface area (Å²) in [7, 11) is 1.29. The average molecular weight is 344 g/mol. The van der Waals surface area contributed by atoms with E-state index in [1.165, 1.54) is 13.3 Å². The number of halogens is 1. The molecule has 6 heteroatoms. The van der Waals surface area contributed by atoms with Gasteiger partial charge in [0.1, 0.15) is 5.82 Å². The van der Waals surface area contributed by atoms with Gasteiger partial charge in [-0.15, -0.1) is 0 Å². The highest BCUT2D eigenvalue weighted by Gasteiger charge is 2.31. The van der Waals surface area contributed by atoms with E-state index in [1.54, 1.807) is 16.5 Å². The standard InChI is InChI=1S/C19H21FN2O3/c1-19(2)10-12(5-7-25-19)14-8-13-9-15(18(23)24-3)17(4-6-21)22(13)11-16(14)20/h8-9,11-12H,4-5,7,10H2,1-3H3. The number of hydrogen-bond donors (Lipinski definition) is 0. The fraction of sp³-hybridized carbons (Fsp3) is 0.474. The van der Waals surface area contributed by atoms with Gasteiger partial charge in [0.2, 0.25) is 0 Å². The molecule has 132 valence electrons. The first kappa shape index (κ1) is 17.4. The van der Waals surface area contributed by atoms with Gasteiger partial charge < -0.3 is 13.9 Å². The number of aromatic nitrogens is 1. The Morgan fingerprint density at radius 1 is 1.52 bits per heavy atom. The highest BCUT2D eigenvalue weighted by molar-refractivity contribution is 5.93. The summed E-state index contributed by atoms with van der Waals surface area (Å²) in [6, 6.07) is 5.45. The molecule has 0 aliphatic carbocycles. The van der Waals surface area contributed by atoms with E-state index < -0.39 is 5.97 Å². The maximum absolute atomic E-state index is 14.8. The molecule has 1 saturated heterocycles. The third-order valence-corrected chi connectivity index (χ3v) is 4.78. The number of carbonyl (C=O) groups excluding carboxylic acids is 1. The number of nitrogens with zero attached hydrogens (tertiary/aromatic N) is 2. The van der Waals surface area contributed by atoms with Crippen LogP contribution >= 0.6 is 0 Å². The quantitative estimate of drug-likeness (QED) is 0.798. The molecule has 3 heterocycles. The average Bonchev–Trinajstić information content (AvgIpc) is 2.90. The number of hydrogen-bond acceptors (Lipinski definition) is 4. The van der Waals surface area contributed by atoms with Crippen LogP contribution in [0.4, 0.5) is 4.39 Å². The predicted octanol–water partition coefficient (Wildman–Crippen LogP) is 3.60. The summed E-state index contributed by atoms with van der Waals surface area (Å²) in [4.78, 5) is 12.0. The third kappa shape index (κ3) is 3.24. The summed E-state index contributed by atoms with van der Waals surface area (Å²) in [5, 5.41) is 9.04. The largest absolute Gasteiger partial charge is 0.465 e. The molecule has 3 rings (SSSR count). The van der Waals surface area contributed by atoms with Gasteiger partial charge in [-0.1, -0.05) is 0 Å². The van der Waals surface area contributed by atoms with Gasteiger partial charge in [0.05, 0.1) is 36.5 Å². The Morgan fingerprint density at radius 3 is 2.92 bits per heavy atom. The van der Waals surface area contributed by atoms with Crippen molar-refractivity contribution in [2.24, 2.45) is 0 Å². The Hall–Kier alpha value is -2.39. The van der Waals surface area contributed by atoms with Crippen LogP contribution in [0.3, 0.4) is 0 Å². The van der Waals surface area contributed by atoms with Crippen LogP contribution in [0.1, 0.15) is 54.2 Å². The number of fused-ring (bicyclic) bond motifs is 1. The molecule has 1 atom stereocenters. The molecule has 2 aromatic rings. The van der Waals surface area contributed by atoms with Crippen LogP contribution in [0.25, 0.3) is 5.52 Å². The molecule has 0 radical (unpaired) electrons. The number of ether oxygens (including phenoxy) is 2. The second-order valence-electron chi connectivity index (χ2n) is 7.00. The second kappa shape index (κ2) is 6.49. The lowest BCUT2D eigenvalue weighted by molar-refractivity contribution is -0.0596. The van der Waals surface area contributed by atoms with E-state index in [4.69, 9.17) is 14.7 Å². The number of methoxy groups -OCH3 is 1. The van der Waals surface area contributed by atoms with Gasteiger partial charge in [0.15, 0.2) is 0 Å². The van der Waals surface area contributed by atoms with Crippen LogP contribution in [-0.4, -0.2) is 29.7 Å². The lowest BCUT2D eigenvalue weighted by Gasteiger charge is -2.35. The Labute approximate surface area is 146 Å². The molecule has 0 N–H and O–H groups in total. The zero-order chi connectivity index (χ0) is 18.2. The van der Waals surface area contributed by atoms with Crippen LogP contribution < -0.4 is 0 Å². The molecule has 2 aromatic heterocycles. The number of rotatable bonds is 3. The SMILES string of the molecule is COC(=O)c1cc2cc(C3CCOC(C)(C)C3)c(F)cn2c1CC#N. The van der Waals surface area contributed by atoms with Crippen molar-refractivity contribution < 1.29 is 18.7 Å². The maximum atomic E-state index is 14.8. The predicted molar refractivity (Wildman–Crippen MR) is 90.0 cm³/mol. The Balaban J connectivity index is 2.10. The van der Waals surface area contributed by atoms with Gasteiger partial charge in [-0.2, -0.15) is 5.26 Å². The second-order valence-corrected chi connectivity index (χ2v) is 7.00. The van der Waals surface area contributed by atoms with Gasteiger partial charge >= 0.3 is 5.97 Å². The van der Waals surface area contributed by atoms with E-state index in [9.17, 15) is 9.18 Å². The third-order valence-electron chi connectivity index (χ3n) is 4.78. The van der Waals surface area contributed by atoms with Crippen molar-refractivity contribution in [2.75, 3.05) is 13.7 Å². The van der Waals surface area contributed by atoms with Crippen LogP contribution in [0.5, 0.6) is 0 Å². The van der Waals surface area contributed by atoms with E-state index in [0.29, 0.717) is 28.9 Å². The molecule has 1 fully saturated rings. The molecule has 0 aromatic carbocycles. The van der Waals surface area contributed by atoms with Crippen LogP contribution in [-0.2, 0) is 15.9 Å². The van der Waals surface area contributed by atoms with E-state index in [0.717, 1.165) is 12.8 Å². The smallest absolute Gasteiger partial charge is 0.339 e. The highest BCUT2D eigenvalue weighted by atomic mass is 19.1. The zero-order valence-corrected chi connectivity index (χ0v) is 14.6. The maximum Gasteiger partial charge on any atom is 0.339 e. The molecule has 0 bridgehead atoms. The fourth-order valence-electron chi connectivity index (χ4n) is 3.62. The van der Waals surface area contributed by atoms with Gasteiger partial charge in [-0.3, -0.25) is 0 Å². The molecule has 1 aliphatic heterocycles. The number of carbonyl (C=O) groups is 1. The lowest BCUT2D eigenvalue weighted by atomic mass is 9.83. The number of esters is 1. The summed E-state index contributed by atoms with van der Waals surface area (Å²) in [6.45, 7) is 4.61. The molecule has 1 unspecified atom stereocenters. The summed E-state index contributed by atoms with van der Waals surface area (Å²) in [6.07, 6.45) is 2.86. The van der Waals surface area contributed by atoms with Gasteiger partial charge in [0.25, 0.3) is 0 Å². The van der Waals surface area contributed by atoms with Gasteiger partial charge in [0, 0.05) is 18.3 Å². The molecule has 0 saturated carbocycles. The van der Waals surface area contributed by atoms with Crippen molar-refractivity contribution in [3.8, 4) is 6.07 Å². The molecular formula is C19H21FN2O3. The van der Waals surface area contributed by atoms with E-state index in [2.05, 4.69) is 0 Å². The molecule has 0 amide bonds. The topological polar surface area (TPSA) is 63.7 Å². The number of nitriles is 1. The molecule has 5 nitrogen and oxygen atoms in total. The fourth-order valence-corrected chi connectivity index (χ4v) is 3.62. The monoisotopic (exact) mass is 344 g/mol. The summed E-state index contributed by atoms with van der Waals surface area (Å²) < 4.78 is 26.9. The first-order chi connectivity index (χ1) is 11.9. The first-order valence-electron chi connectivity index (χ1n) is 8.29. The molecule has 25 heavy (non-hydrogen) atoms. The highest BCUT2D eigenvalue weighted by Crippen LogP contribution is 2.37. The van der Waals surface area contributed by atoms with E-state index in [1.807, 2.05) is 19.9 Å². The first-order valence-corrected chi connectivity index (χ1v) is 8.29. The Bertz CT molecular complexity index is 864. The summed E-state index contributed by atoms with van der Waals surface area (Å²) in [5.74, 6) is -0.797. The van der Waals surface area contributed by atoms with Crippen molar-refractivity contribution in [3.63, 3.8) is 0 Å². The number of pyridine rings is 1. The minimum atomic E-state index is -0.525. The normalized spacial score (nSPS) is 19.6. The molecular weight excluding hydrogens is 323 g/mol. The van der Waals surface area contributed by atoms with Crippen LogP contribution in [0, 0.1) is 17.1 Å². The van der Waals surface area contributed by atoms with Gasteiger partial charge in [-0.25, -0.2) is 9.18 Å². The van der Waals surface area contributed by atoms with Crippen molar-refractivity contribution in [1.82, 2.24) is 4.40 Å². The zero-order valence-electron chi connectivity index (χ0n) is 14.6. The van der Waals surface area contributed by atoms with E-state index >= 15 is 0 Å². The van der Waals surface area contributed by atoms with Crippen molar-refractivity contribution in [3.05, 3.63) is 41.0 Å². The lowest BCUT2D eigenvalue weighted by Crippen LogP contribution is -2.33. The molecule has 1 aliphatic rings. The van der Waals surface area contributed by atoms with Crippen molar-refractivity contribution >= 4 is 11.5 Å². The van der Waals surface area contributed by atoms with Gasteiger partial charge in [-0.05, 0) is 50.3 Å². The van der Waals surface area contributed by atoms with Crippen LogP contribution in [0.2, 0.25) is 0 Å². The minimum Gasteiger partial charge on any atom is -0.465 e. The Kier molecular flexibility index (Phi) is 4.53. The van der Waals surface area contributed by atoms with Crippen molar-refractivity contribution in [1.29, 1.82) is 5.26 Å².